The summed E-state index contributed by atoms with van der Waals surface area (Å²) in [6.45, 7) is 6.93. The van der Waals surface area contributed by atoms with Crippen molar-refractivity contribution in [2.24, 2.45) is 5.41 Å². The first-order chi connectivity index (χ1) is 9.23. The molecule has 0 amide bonds. The molecule has 0 aromatic carbocycles. The molecule has 6 nitrogen and oxygen atoms in total. The van der Waals surface area contributed by atoms with Crippen molar-refractivity contribution in [3.05, 3.63) is 6.20 Å². The van der Waals surface area contributed by atoms with Gasteiger partial charge in [-0.1, -0.05) is 13.8 Å². The van der Waals surface area contributed by atoms with Crippen LogP contribution in [-0.4, -0.2) is 24.2 Å². The molecule has 2 rings (SSSR count). The lowest BCUT2D eigenvalue weighted by Crippen LogP contribution is -2.39. The summed E-state index contributed by atoms with van der Waals surface area (Å²) >= 11 is 0. The van der Waals surface area contributed by atoms with Gasteiger partial charge < -0.3 is 5.73 Å². The Labute approximate surface area is 120 Å². The molecular weight excluding hydrogens is 276 g/mol. The summed E-state index contributed by atoms with van der Waals surface area (Å²) in [5.41, 5.74) is 6.01. The lowest BCUT2D eigenvalue weighted by molar-refractivity contribution is 0.218. The van der Waals surface area contributed by atoms with Crippen LogP contribution in [0.4, 0.5) is 5.82 Å². The fourth-order valence-corrected chi connectivity index (χ4v) is 3.97. The standard InChI is InChI=1S/C13H24N4O2S/c1-4-17-9-11(12(14)15-17)20(18,19)16-10-5-7-13(2,3)8-6-10/h9-10,16H,4-8H2,1-3H3,(H2,14,15). The number of rotatable bonds is 4. The van der Waals surface area contributed by atoms with Crippen molar-refractivity contribution in [3.8, 4) is 0 Å². The van der Waals surface area contributed by atoms with Gasteiger partial charge in [0.1, 0.15) is 4.90 Å². The second-order valence-electron chi connectivity index (χ2n) is 6.29. The number of nitrogen functional groups attached to an aromatic ring is 1. The predicted molar refractivity (Wildman–Crippen MR) is 78.7 cm³/mol. The number of aryl methyl sites for hydroxylation is 1. The summed E-state index contributed by atoms with van der Waals surface area (Å²) in [7, 11) is -3.58. The quantitative estimate of drug-likeness (QED) is 0.886. The van der Waals surface area contributed by atoms with Gasteiger partial charge >= 0.3 is 0 Å². The zero-order chi connectivity index (χ0) is 15.0. The first kappa shape index (κ1) is 15.3. The summed E-state index contributed by atoms with van der Waals surface area (Å²) in [5.74, 6) is 0.0653. The summed E-state index contributed by atoms with van der Waals surface area (Å²) in [5, 5.41) is 3.99. The van der Waals surface area contributed by atoms with E-state index in [0.717, 1.165) is 25.7 Å². The molecule has 0 spiro atoms. The van der Waals surface area contributed by atoms with Gasteiger partial charge in [0, 0.05) is 18.8 Å². The van der Waals surface area contributed by atoms with Gasteiger partial charge in [0.05, 0.1) is 0 Å². The third kappa shape index (κ3) is 3.32. The van der Waals surface area contributed by atoms with Crippen LogP contribution in [0.15, 0.2) is 11.1 Å². The molecule has 20 heavy (non-hydrogen) atoms. The van der Waals surface area contributed by atoms with Crippen molar-refractivity contribution in [2.45, 2.75) is 63.9 Å². The van der Waals surface area contributed by atoms with E-state index >= 15 is 0 Å². The molecular formula is C13H24N4O2S. The Hall–Kier alpha value is -1.08. The van der Waals surface area contributed by atoms with Crippen LogP contribution in [0.1, 0.15) is 46.5 Å². The van der Waals surface area contributed by atoms with E-state index in [9.17, 15) is 8.42 Å². The van der Waals surface area contributed by atoms with E-state index in [0.29, 0.717) is 12.0 Å². The van der Waals surface area contributed by atoms with Gasteiger partial charge in [0.25, 0.3) is 0 Å². The summed E-state index contributed by atoms with van der Waals surface area (Å²) in [6.07, 6.45) is 5.29. The molecule has 1 aliphatic rings. The predicted octanol–water partition coefficient (Wildman–Crippen LogP) is 1.73. The molecule has 3 N–H and O–H groups in total. The zero-order valence-electron chi connectivity index (χ0n) is 12.4. The van der Waals surface area contributed by atoms with Crippen LogP contribution >= 0.6 is 0 Å². The third-order valence-corrected chi connectivity index (χ3v) is 5.57. The molecule has 1 aromatic rings. The molecule has 0 saturated heterocycles. The second-order valence-corrected chi connectivity index (χ2v) is 7.98. The molecule has 1 aliphatic carbocycles. The van der Waals surface area contributed by atoms with Crippen LogP contribution in [-0.2, 0) is 16.6 Å². The van der Waals surface area contributed by atoms with Crippen LogP contribution in [0, 0.1) is 5.41 Å². The van der Waals surface area contributed by atoms with Crippen molar-refractivity contribution < 1.29 is 8.42 Å². The fourth-order valence-electron chi connectivity index (χ4n) is 2.59. The molecule has 1 heterocycles. The van der Waals surface area contributed by atoms with Crippen molar-refractivity contribution in [1.82, 2.24) is 14.5 Å². The number of nitrogens with two attached hydrogens (primary N) is 1. The monoisotopic (exact) mass is 300 g/mol. The van der Waals surface area contributed by atoms with Gasteiger partial charge in [-0.2, -0.15) is 5.10 Å². The Bertz CT molecular complexity index is 567. The minimum absolute atomic E-state index is 0.00241. The zero-order valence-corrected chi connectivity index (χ0v) is 13.2. The van der Waals surface area contributed by atoms with Crippen molar-refractivity contribution in [2.75, 3.05) is 5.73 Å². The number of nitrogens with one attached hydrogen (secondary N) is 1. The van der Waals surface area contributed by atoms with Crippen LogP contribution in [0.2, 0.25) is 0 Å². The van der Waals surface area contributed by atoms with Gasteiger partial charge in [-0.05, 0) is 38.0 Å². The summed E-state index contributed by atoms with van der Waals surface area (Å²) < 4.78 is 29.0. The smallest absolute Gasteiger partial charge is 0.246 e. The molecule has 0 unspecified atom stereocenters. The van der Waals surface area contributed by atoms with Gasteiger partial charge in [-0.3, -0.25) is 4.68 Å². The highest BCUT2D eigenvalue weighted by Gasteiger charge is 2.30. The minimum Gasteiger partial charge on any atom is -0.381 e. The summed E-state index contributed by atoms with van der Waals surface area (Å²) in [4.78, 5) is 0.0872. The SMILES string of the molecule is CCn1cc(S(=O)(=O)NC2CCC(C)(C)CC2)c(N)n1. The maximum atomic E-state index is 12.4. The molecule has 1 aromatic heterocycles. The Balaban J connectivity index is 2.10. The average Bonchev–Trinajstić information content (AvgIpc) is 2.74. The fraction of sp³-hybridized carbons (Fsp3) is 0.769. The number of hydrogen-bond donors (Lipinski definition) is 2. The molecule has 0 aliphatic heterocycles. The Kier molecular flexibility index (Phi) is 4.11. The lowest BCUT2D eigenvalue weighted by atomic mass is 9.76. The summed E-state index contributed by atoms with van der Waals surface area (Å²) in [6, 6.07) is -0.00241. The number of anilines is 1. The molecule has 0 radical (unpaired) electrons. The minimum atomic E-state index is -3.58. The van der Waals surface area contributed by atoms with Crippen molar-refractivity contribution in [1.29, 1.82) is 0 Å². The van der Waals surface area contributed by atoms with Gasteiger partial charge in [-0.15, -0.1) is 0 Å². The lowest BCUT2D eigenvalue weighted by Gasteiger charge is -2.34. The number of sulfonamides is 1. The highest BCUT2D eigenvalue weighted by molar-refractivity contribution is 7.89. The van der Waals surface area contributed by atoms with Crippen LogP contribution in [0.25, 0.3) is 0 Å². The van der Waals surface area contributed by atoms with E-state index in [2.05, 4.69) is 23.7 Å². The molecule has 1 fully saturated rings. The molecule has 1 saturated carbocycles. The number of aromatic nitrogens is 2. The van der Waals surface area contributed by atoms with Gasteiger partial charge in [0.15, 0.2) is 5.82 Å². The molecule has 0 atom stereocenters. The topological polar surface area (TPSA) is 90.0 Å². The highest BCUT2D eigenvalue weighted by Crippen LogP contribution is 2.35. The first-order valence-electron chi connectivity index (χ1n) is 7.09. The number of nitrogens with zero attached hydrogens (tertiary/aromatic N) is 2. The van der Waals surface area contributed by atoms with Crippen molar-refractivity contribution in [3.63, 3.8) is 0 Å². The third-order valence-electron chi connectivity index (χ3n) is 4.03. The largest absolute Gasteiger partial charge is 0.381 e. The molecule has 0 bridgehead atoms. The molecule has 7 heteroatoms. The van der Waals surface area contributed by atoms with Crippen LogP contribution < -0.4 is 10.5 Å². The van der Waals surface area contributed by atoms with E-state index < -0.39 is 10.0 Å². The van der Waals surface area contributed by atoms with Crippen molar-refractivity contribution >= 4 is 15.8 Å². The van der Waals surface area contributed by atoms with E-state index in [1.165, 1.54) is 10.9 Å². The highest BCUT2D eigenvalue weighted by atomic mass is 32.2. The number of hydrogen-bond acceptors (Lipinski definition) is 4. The first-order valence-corrected chi connectivity index (χ1v) is 8.57. The Morgan fingerprint density at radius 1 is 1.45 bits per heavy atom. The van der Waals surface area contributed by atoms with E-state index in [4.69, 9.17) is 5.73 Å². The van der Waals surface area contributed by atoms with E-state index in [-0.39, 0.29) is 16.8 Å². The normalized spacial score (nSPS) is 20.1. The van der Waals surface area contributed by atoms with Gasteiger partial charge in [0.2, 0.25) is 10.0 Å². The van der Waals surface area contributed by atoms with Crippen LogP contribution in [0.5, 0.6) is 0 Å². The van der Waals surface area contributed by atoms with Gasteiger partial charge in [-0.25, -0.2) is 13.1 Å². The second kappa shape index (κ2) is 5.37. The van der Waals surface area contributed by atoms with E-state index in [1.54, 1.807) is 0 Å². The maximum Gasteiger partial charge on any atom is 0.246 e. The Morgan fingerprint density at radius 3 is 2.55 bits per heavy atom. The average molecular weight is 300 g/mol. The van der Waals surface area contributed by atoms with E-state index in [1.807, 2.05) is 6.92 Å². The maximum absolute atomic E-state index is 12.4. The van der Waals surface area contributed by atoms with Crippen LogP contribution in [0.3, 0.4) is 0 Å². The Morgan fingerprint density at radius 2 is 2.05 bits per heavy atom. The molecule has 114 valence electrons.